The topological polar surface area (TPSA) is 76.0 Å². The number of phenols is 1. The number of carboxylic acids is 1. The minimum Gasteiger partial charge on any atom is -0.502 e. The van der Waals surface area contributed by atoms with Crippen LogP contribution in [0.25, 0.3) is 0 Å². The maximum atomic E-state index is 10.3. The second-order valence-electron chi connectivity index (χ2n) is 2.64. The number of ether oxygens (including phenoxy) is 2. The number of hydrogen-bond donors (Lipinski definition) is 2. The molecule has 0 aromatic heterocycles. The molecular weight excluding hydrogens is 224 g/mol. The zero-order valence-electron chi connectivity index (χ0n) is 7.86. The van der Waals surface area contributed by atoms with Gasteiger partial charge in [0.15, 0.2) is 18.1 Å². The fourth-order valence-corrected chi connectivity index (χ4v) is 1.15. The van der Waals surface area contributed by atoms with Crippen LogP contribution in [0.15, 0.2) is 12.1 Å². The van der Waals surface area contributed by atoms with Crippen molar-refractivity contribution in [1.82, 2.24) is 0 Å². The van der Waals surface area contributed by atoms with Crippen LogP contribution in [0.3, 0.4) is 0 Å². The molecule has 0 aliphatic rings. The van der Waals surface area contributed by atoms with Crippen molar-refractivity contribution in [3.05, 3.63) is 17.2 Å². The third-order valence-corrected chi connectivity index (χ3v) is 1.79. The summed E-state index contributed by atoms with van der Waals surface area (Å²) in [7, 11) is 1.35. The number of methoxy groups -OCH3 is 1. The summed E-state index contributed by atoms with van der Waals surface area (Å²) >= 11 is 5.70. The zero-order valence-corrected chi connectivity index (χ0v) is 8.61. The van der Waals surface area contributed by atoms with Crippen LogP contribution in [0.5, 0.6) is 17.2 Å². The summed E-state index contributed by atoms with van der Waals surface area (Å²) in [6, 6.07) is 2.70. The predicted molar refractivity (Wildman–Crippen MR) is 52.8 cm³/mol. The molecule has 0 fully saturated rings. The van der Waals surface area contributed by atoms with Gasteiger partial charge in [-0.1, -0.05) is 11.6 Å². The highest BCUT2D eigenvalue weighted by Crippen LogP contribution is 2.38. The smallest absolute Gasteiger partial charge is 0.341 e. The van der Waals surface area contributed by atoms with Gasteiger partial charge in [-0.2, -0.15) is 0 Å². The van der Waals surface area contributed by atoms with Gasteiger partial charge in [-0.05, 0) is 0 Å². The number of phenolic OH excluding ortho intramolecular Hbond substituents is 1. The molecule has 0 aliphatic carbocycles. The number of rotatable bonds is 4. The minimum absolute atomic E-state index is 0.0262. The maximum absolute atomic E-state index is 10.3. The fourth-order valence-electron chi connectivity index (χ4n) is 0.955. The lowest BCUT2D eigenvalue weighted by atomic mass is 10.3. The molecule has 0 radical (unpaired) electrons. The van der Waals surface area contributed by atoms with E-state index in [2.05, 4.69) is 0 Å². The van der Waals surface area contributed by atoms with Gasteiger partial charge in [-0.15, -0.1) is 0 Å². The number of carbonyl (C=O) groups is 1. The molecule has 2 N–H and O–H groups in total. The Morgan fingerprint density at radius 1 is 1.47 bits per heavy atom. The van der Waals surface area contributed by atoms with Crippen LogP contribution in [0, 0.1) is 0 Å². The van der Waals surface area contributed by atoms with Crippen molar-refractivity contribution in [3.8, 4) is 17.2 Å². The van der Waals surface area contributed by atoms with E-state index in [9.17, 15) is 9.90 Å². The van der Waals surface area contributed by atoms with Crippen LogP contribution in [0.1, 0.15) is 0 Å². The molecule has 5 nitrogen and oxygen atoms in total. The summed E-state index contributed by atoms with van der Waals surface area (Å²) in [6.45, 7) is -0.558. The molecule has 0 atom stereocenters. The van der Waals surface area contributed by atoms with Gasteiger partial charge in [-0.25, -0.2) is 4.79 Å². The first kappa shape index (κ1) is 11.5. The lowest BCUT2D eigenvalue weighted by Crippen LogP contribution is -2.09. The van der Waals surface area contributed by atoms with Gasteiger partial charge >= 0.3 is 5.97 Å². The van der Waals surface area contributed by atoms with Crippen molar-refractivity contribution < 1.29 is 24.5 Å². The normalized spacial score (nSPS) is 9.73. The van der Waals surface area contributed by atoms with E-state index in [4.69, 9.17) is 26.2 Å². The van der Waals surface area contributed by atoms with Gasteiger partial charge in [0.2, 0.25) is 5.75 Å². The quantitative estimate of drug-likeness (QED) is 0.823. The van der Waals surface area contributed by atoms with Crippen molar-refractivity contribution in [2.24, 2.45) is 0 Å². The van der Waals surface area contributed by atoms with Crippen LogP contribution in [-0.2, 0) is 4.79 Å². The summed E-state index contributed by atoms with van der Waals surface area (Å²) in [5.74, 6) is -1.32. The summed E-state index contributed by atoms with van der Waals surface area (Å²) in [5.41, 5.74) is 0. The van der Waals surface area contributed by atoms with Crippen molar-refractivity contribution >= 4 is 17.6 Å². The van der Waals surface area contributed by atoms with E-state index in [0.29, 0.717) is 0 Å². The Labute approximate surface area is 90.8 Å². The van der Waals surface area contributed by atoms with Gasteiger partial charge in [0, 0.05) is 17.2 Å². The van der Waals surface area contributed by atoms with Gasteiger partial charge in [-0.3, -0.25) is 0 Å². The minimum atomic E-state index is -1.15. The lowest BCUT2D eigenvalue weighted by molar-refractivity contribution is -0.139. The lowest BCUT2D eigenvalue weighted by Gasteiger charge is -2.09. The Kier molecular flexibility index (Phi) is 3.62. The second kappa shape index (κ2) is 4.75. The largest absolute Gasteiger partial charge is 0.502 e. The first-order valence-corrected chi connectivity index (χ1v) is 4.33. The second-order valence-corrected chi connectivity index (χ2v) is 3.07. The van der Waals surface area contributed by atoms with Crippen molar-refractivity contribution in [3.63, 3.8) is 0 Å². The Balaban J connectivity index is 2.95. The monoisotopic (exact) mass is 232 g/mol. The van der Waals surface area contributed by atoms with Crippen LogP contribution in [0.2, 0.25) is 5.02 Å². The molecular formula is C9H9ClO5. The van der Waals surface area contributed by atoms with Gasteiger partial charge < -0.3 is 19.7 Å². The van der Waals surface area contributed by atoms with E-state index < -0.39 is 12.6 Å². The van der Waals surface area contributed by atoms with E-state index in [1.54, 1.807) is 0 Å². The number of aromatic hydroxyl groups is 1. The number of carboxylic acid groups (broad SMARTS) is 1. The maximum Gasteiger partial charge on any atom is 0.341 e. The van der Waals surface area contributed by atoms with E-state index in [1.807, 2.05) is 0 Å². The molecule has 0 saturated carbocycles. The SMILES string of the molecule is COc1cc(Cl)cc(OCC(=O)O)c1O. The first-order valence-electron chi connectivity index (χ1n) is 3.95. The first-order chi connectivity index (χ1) is 7.04. The van der Waals surface area contributed by atoms with Gasteiger partial charge in [0.25, 0.3) is 0 Å². The highest BCUT2D eigenvalue weighted by atomic mass is 35.5. The molecule has 0 aliphatic heterocycles. The van der Waals surface area contributed by atoms with E-state index >= 15 is 0 Å². The van der Waals surface area contributed by atoms with Crippen molar-refractivity contribution in [2.45, 2.75) is 0 Å². The Hall–Kier alpha value is -1.62. The van der Waals surface area contributed by atoms with Crippen molar-refractivity contribution in [1.29, 1.82) is 0 Å². The highest BCUT2D eigenvalue weighted by molar-refractivity contribution is 6.31. The molecule has 82 valence electrons. The summed E-state index contributed by atoms with van der Waals surface area (Å²) in [4.78, 5) is 10.3. The summed E-state index contributed by atoms with van der Waals surface area (Å²) < 4.78 is 9.62. The number of halogens is 1. The summed E-state index contributed by atoms with van der Waals surface area (Å²) in [5, 5.41) is 18.2. The third-order valence-electron chi connectivity index (χ3n) is 1.58. The Morgan fingerprint density at radius 3 is 2.60 bits per heavy atom. The number of aliphatic carboxylic acids is 1. The average molecular weight is 233 g/mol. The van der Waals surface area contributed by atoms with E-state index in [-0.39, 0.29) is 22.3 Å². The predicted octanol–water partition coefficient (Wildman–Crippen LogP) is 1.52. The van der Waals surface area contributed by atoms with Gasteiger partial charge in [0.05, 0.1) is 7.11 Å². The molecule has 0 amide bonds. The molecule has 1 rings (SSSR count). The van der Waals surface area contributed by atoms with E-state index in [0.717, 1.165) is 0 Å². The van der Waals surface area contributed by atoms with Crippen LogP contribution < -0.4 is 9.47 Å². The third kappa shape index (κ3) is 2.92. The zero-order chi connectivity index (χ0) is 11.4. The Morgan fingerprint density at radius 2 is 2.07 bits per heavy atom. The molecule has 0 spiro atoms. The van der Waals surface area contributed by atoms with E-state index in [1.165, 1.54) is 19.2 Å². The summed E-state index contributed by atoms with van der Waals surface area (Å²) in [6.07, 6.45) is 0. The van der Waals surface area contributed by atoms with Crippen LogP contribution in [0.4, 0.5) is 0 Å². The molecule has 1 aromatic carbocycles. The Bertz CT molecular complexity index is 377. The molecule has 0 heterocycles. The average Bonchev–Trinajstić information content (AvgIpc) is 2.18. The molecule has 6 heteroatoms. The van der Waals surface area contributed by atoms with Gasteiger partial charge in [0.1, 0.15) is 0 Å². The fraction of sp³-hybridized carbons (Fsp3) is 0.222. The molecule has 0 bridgehead atoms. The highest BCUT2D eigenvalue weighted by Gasteiger charge is 2.12. The number of hydrogen-bond acceptors (Lipinski definition) is 4. The molecule has 0 saturated heterocycles. The number of benzene rings is 1. The van der Waals surface area contributed by atoms with Crippen LogP contribution in [-0.4, -0.2) is 29.9 Å². The standard InChI is InChI=1S/C9H9ClO5/c1-14-6-2-5(10)3-7(9(6)13)15-4-8(11)12/h2-3,13H,4H2,1H3,(H,11,12). The molecule has 1 aromatic rings. The van der Waals surface area contributed by atoms with Crippen molar-refractivity contribution in [2.75, 3.05) is 13.7 Å². The van der Waals surface area contributed by atoms with Crippen LogP contribution >= 0.6 is 11.6 Å². The molecule has 0 unspecified atom stereocenters. The molecule has 15 heavy (non-hydrogen) atoms.